The van der Waals surface area contributed by atoms with Crippen LogP contribution in [0.3, 0.4) is 0 Å². The molecule has 0 amide bonds. The molecule has 11 rings (SSSR count). The van der Waals surface area contributed by atoms with E-state index in [-0.39, 0.29) is 0 Å². The highest BCUT2D eigenvalue weighted by molar-refractivity contribution is 5.78. The molecule has 1 unspecified atom stereocenters. The van der Waals surface area contributed by atoms with Crippen molar-refractivity contribution < 1.29 is 4.42 Å². The fourth-order valence-corrected chi connectivity index (χ4v) is 9.05. The average molecular weight is 826 g/mol. The van der Waals surface area contributed by atoms with Crippen molar-refractivity contribution in [2.45, 2.75) is 38.0 Å². The summed E-state index contributed by atoms with van der Waals surface area (Å²) in [7, 11) is 0. The Morgan fingerprint density at radius 3 is 1.77 bits per heavy atom. The van der Waals surface area contributed by atoms with Crippen LogP contribution < -0.4 is 0 Å². The van der Waals surface area contributed by atoms with Crippen LogP contribution in [0.5, 0.6) is 0 Å². The minimum Gasteiger partial charge on any atom is -0.464 e. The zero-order valence-corrected chi connectivity index (χ0v) is 35.6. The van der Waals surface area contributed by atoms with Crippen LogP contribution in [0, 0.1) is 0 Å². The molecule has 0 saturated heterocycles. The Morgan fingerprint density at radius 2 is 1.05 bits per heavy atom. The molecule has 2 aromatic heterocycles. The van der Waals surface area contributed by atoms with Gasteiger partial charge in [0.1, 0.15) is 5.76 Å². The van der Waals surface area contributed by atoms with Crippen LogP contribution in [0.2, 0.25) is 0 Å². The molecule has 6 aromatic carbocycles. The summed E-state index contributed by atoms with van der Waals surface area (Å²) in [5, 5.41) is 5.19. The zero-order chi connectivity index (χ0) is 42.7. The predicted molar refractivity (Wildman–Crippen MR) is 264 cm³/mol. The van der Waals surface area contributed by atoms with Crippen molar-refractivity contribution in [3.05, 3.63) is 241 Å². The first kappa shape index (κ1) is 39.1. The van der Waals surface area contributed by atoms with E-state index >= 15 is 0 Å². The van der Waals surface area contributed by atoms with Gasteiger partial charge in [-0.2, -0.15) is 0 Å². The molecule has 0 fully saturated rings. The summed E-state index contributed by atoms with van der Waals surface area (Å²) in [4.78, 5) is 5.23. The minimum atomic E-state index is 0.341. The van der Waals surface area contributed by atoms with E-state index in [4.69, 9.17) is 14.5 Å². The first-order chi connectivity index (χ1) is 31.7. The summed E-state index contributed by atoms with van der Waals surface area (Å²) in [6, 6.07) is 56.1. The zero-order valence-electron chi connectivity index (χ0n) is 35.6. The van der Waals surface area contributed by atoms with Gasteiger partial charge >= 0.3 is 0 Å². The molecular formula is C60H47N3O. The lowest BCUT2D eigenvalue weighted by atomic mass is 9.85. The van der Waals surface area contributed by atoms with E-state index in [1.165, 1.54) is 44.5 Å². The molecular weight excluding hydrogens is 779 g/mol. The van der Waals surface area contributed by atoms with Crippen LogP contribution in [0.1, 0.15) is 49.1 Å². The van der Waals surface area contributed by atoms with Gasteiger partial charge in [-0.3, -0.25) is 0 Å². The van der Waals surface area contributed by atoms with Crippen LogP contribution in [-0.4, -0.2) is 14.8 Å². The first-order valence-electron chi connectivity index (χ1n) is 22.4. The molecule has 0 spiro atoms. The standard InChI is InChI=1S/C60H47N3O/c1-4-13-42(14-5-1)50-19-10-21-52(37-50)45-25-29-48(30-26-45)59-61-60(49-31-27-47(28-32-49)58-40-56(41-64-58)44-17-8-3-9-18-44)63(62-59)57-35-33-46(34-36-57)53-22-12-24-55(39-53)54-23-11-20-51(38-54)43-15-6-2-7-16-43/h1,4-6,8,10-22,24-41,54H,2-3,7,9,23H2. The predicted octanol–water partition coefficient (Wildman–Crippen LogP) is 15.8. The maximum absolute atomic E-state index is 6.08. The third-order valence-electron chi connectivity index (χ3n) is 12.6. The molecule has 2 heterocycles. The molecule has 0 radical (unpaired) electrons. The van der Waals surface area contributed by atoms with Crippen molar-refractivity contribution in [1.29, 1.82) is 0 Å². The van der Waals surface area contributed by atoms with Crippen molar-refractivity contribution in [3.63, 3.8) is 0 Å². The molecule has 0 bridgehead atoms. The fraction of sp³-hybridized carbons (Fsp3) is 0.100. The van der Waals surface area contributed by atoms with E-state index in [9.17, 15) is 0 Å². The van der Waals surface area contributed by atoms with Gasteiger partial charge in [0.2, 0.25) is 0 Å². The number of aromatic nitrogens is 3. The highest BCUT2D eigenvalue weighted by atomic mass is 16.3. The minimum absolute atomic E-state index is 0.341. The highest BCUT2D eigenvalue weighted by Gasteiger charge is 2.19. The third kappa shape index (κ3) is 8.14. The molecule has 8 aromatic rings. The normalized spacial score (nSPS) is 15.8. The van der Waals surface area contributed by atoms with E-state index in [2.05, 4.69) is 212 Å². The van der Waals surface area contributed by atoms with E-state index in [1.54, 1.807) is 0 Å². The van der Waals surface area contributed by atoms with E-state index < -0.39 is 0 Å². The Morgan fingerprint density at radius 1 is 0.453 bits per heavy atom. The monoisotopic (exact) mass is 825 g/mol. The van der Waals surface area contributed by atoms with Crippen LogP contribution in [0.15, 0.2) is 234 Å². The lowest BCUT2D eigenvalue weighted by Gasteiger charge is -2.19. The summed E-state index contributed by atoms with van der Waals surface area (Å²) in [5.74, 6) is 2.61. The summed E-state index contributed by atoms with van der Waals surface area (Å²) < 4.78 is 8.05. The first-order valence-corrected chi connectivity index (χ1v) is 22.4. The number of allylic oxidation sites excluding steroid dienone is 12. The topological polar surface area (TPSA) is 43.9 Å². The van der Waals surface area contributed by atoms with E-state index in [0.717, 1.165) is 82.8 Å². The van der Waals surface area contributed by atoms with Gasteiger partial charge in [-0.1, -0.05) is 188 Å². The van der Waals surface area contributed by atoms with Gasteiger partial charge in [-0.15, -0.1) is 5.10 Å². The van der Waals surface area contributed by atoms with Gasteiger partial charge in [-0.25, -0.2) is 9.67 Å². The Bertz CT molecular complexity index is 3150. The second-order valence-corrected chi connectivity index (χ2v) is 16.8. The molecule has 1 atom stereocenters. The lowest BCUT2D eigenvalue weighted by molar-refractivity contribution is 0.581. The Labute approximate surface area is 375 Å². The smallest absolute Gasteiger partial charge is 0.182 e. The maximum atomic E-state index is 6.08. The summed E-state index contributed by atoms with van der Waals surface area (Å²) in [5.41, 5.74) is 17.2. The fourth-order valence-electron chi connectivity index (χ4n) is 9.05. The summed E-state index contributed by atoms with van der Waals surface area (Å²) in [6.07, 6.45) is 27.9. The molecule has 308 valence electrons. The number of hydrogen-bond acceptors (Lipinski definition) is 3. The van der Waals surface area contributed by atoms with Crippen molar-refractivity contribution in [2.75, 3.05) is 0 Å². The quantitative estimate of drug-likeness (QED) is 0.138. The molecule has 0 saturated carbocycles. The van der Waals surface area contributed by atoms with Gasteiger partial charge in [0.15, 0.2) is 11.6 Å². The SMILES string of the molecule is C1=CC(C2=CC(c3cccc(-c4ccc(-n5nc(-c6ccc(-c7cccc(-c8ccccc8)c7)cc6)nc5-c5ccc(-c6cc(C7=CCCC=C7)co6)cc5)cc4)c3)CC=C2)=CCC1. The Kier molecular flexibility index (Phi) is 10.7. The van der Waals surface area contributed by atoms with Crippen LogP contribution in [0.4, 0.5) is 0 Å². The van der Waals surface area contributed by atoms with Crippen molar-refractivity contribution >= 4 is 5.57 Å². The summed E-state index contributed by atoms with van der Waals surface area (Å²) >= 11 is 0. The highest BCUT2D eigenvalue weighted by Crippen LogP contribution is 2.36. The molecule has 0 aliphatic heterocycles. The van der Waals surface area contributed by atoms with Gasteiger partial charge in [-0.05, 0) is 112 Å². The number of hydrogen-bond donors (Lipinski definition) is 0. The second kappa shape index (κ2) is 17.5. The molecule has 3 aliphatic rings. The van der Waals surface area contributed by atoms with Gasteiger partial charge in [0.25, 0.3) is 0 Å². The van der Waals surface area contributed by atoms with Crippen molar-refractivity contribution in [1.82, 2.24) is 14.8 Å². The Hall–Kier alpha value is -7.82. The molecule has 64 heavy (non-hydrogen) atoms. The van der Waals surface area contributed by atoms with Crippen molar-refractivity contribution in [3.8, 4) is 73.2 Å². The van der Waals surface area contributed by atoms with Crippen LogP contribution in [-0.2, 0) is 0 Å². The third-order valence-corrected chi connectivity index (χ3v) is 12.6. The molecule has 3 aliphatic carbocycles. The maximum Gasteiger partial charge on any atom is 0.182 e. The van der Waals surface area contributed by atoms with E-state index in [1.807, 2.05) is 10.9 Å². The lowest BCUT2D eigenvalue weighted by Crippen LogP contribution is -2.01. The Balaban J connectivity index is 0.906. The number of furan rings is 1. The largest absolute Gasteiger partial charge is 0.464 e. The van der Waals surface area contributed by atoms with Crippen molar-refractivity contribution in [2.24, 2.45) is 0 Å². The van der Waals surface area contributed by atoms with Gasteiger partial charge in [0, 0.05) is 28.2 Å². The molecule has 0 N–H and O–H groups in total. The van der Waals surface area contributed by atoms with Crippen LogP contribution in [0.25, 0.3) is 78.7 Å². The van der Waals surface area contributed by atoms with Crippen LogP contribution >= 0.6 is 0 Å². The summed E-state index contributed by atoms with van der Waals surface area (Å²) in [6.45, 7) is 0. The second-order valence-electron chi connectivity index (χ2n) is 16.8. The van der Waals surface area contributed by atoms with Gasteiger partial charge in [0.05, 0.1) is 12.0 Å². The number of nitrogens with zero attached hydrogens (tertiary/aromatic N) is 3. The molecule has 4 heteroatoms. The number of rotatable bonds is 10. The van der Waals surface area contributed by atoms with Gasteiger partial charge < -0.3 is 4.42 Å². The van der Waals surface area contributed by atoms with E-state index in [0.29, 0.717) is 11.7 Å². The number of benzene rings is 6. The average Bonchev–Trinajstić information content (AvgIpc) is 4.07. The molecule has 4 nitrogen and oxygen atoms in total.